The second-order valence-corrected chi connectivity index (χ2v) is 4.61. The van der Waals surface area contributed by atoms with Gasteiger partial charge in [0.1, 0.15) is 18.0 Å². The Bertz CT molecular complexity index is 667. The number of ether oxygens (including phenoxy) is 1. The third-order valence-corrected chi connectivity index (χ3v) is 3.16. The number of carboxylic acid groups (broad SMARTS) is 1. The number of carbonyl (C=O) groups excluding carboxylic acids is 1. The number of nitrogen functional groups attached to an aromatic ring is 1. The summed E-state index contributed by atoms with van der Waals surface area (Å²) in [6.45, 7) is -0.632. The molecule has 0 spiro atoms. The molecule has 0 bridgehead atoms. The Balaban J connectivity index is 0.00000264. The second-order valence-electron chi connectivity index (χ2n) is 4.61. The number of rotatable bonds is 4. The molecule has 9 nitrogen and oxygen atoms in total. The zero-order valence-electron chi connectivity index (χ0n) is 12.1. The van der Waals surface area contributed by atoms with Crippen LogP contribution in [0, 0.1) is 0 Å². The normalized spacial score (nSPS) is 27.1. The number of halogens is 1. The molecule has 0 aliphatic carbocycles. The van der Waals surface area contributed by atoms with Gasteiger partial charge in [0, 0.05) is 11.8 Å². The molecule has 0 aromatic carbocycles. The van der Waals surface area contributed by atoms with Gasteiger partial charge in [-0.25, -0.2) is 9.18 Å². The average Bonchev–Trinajstić information content (AvgIpc) is 2.74. The van der Waals surface area contributed by atoms with Gasteiger partial charge in [0.05, 0.1) is 12.6 Å². The molecule has 4 N–H and O–H groups in total. The van der Waals surface area contributed by atoms with E-state index in [1.807, 2.05) is 0 Å². The van der Waals surface area contributed by atoms with Crippen LogP contribution in [-0.2, 0) is 9.53 Å². The molecule has 23 heavy (non-hydrogen) atoms. The quantitative estimate of drug-likeness (QED) is 0.363. The second kappa shape index (κ2) is 7.99. The van der Waals surface area contributed by atoms with Gasteiger partial charge in [-0.05, 0) is 12.2 Å². The van der Waals surface area contributed by atoms with Crippen molar-refractivity contribution in [3.8, 4) is 0 Å². The summed E-state index contributed by atoms with van der Waals surface area (Å²) in [6.07, 6.45) is -3.55. The molecule has 0 radical (unpaired) electrons. The summed E-state index contributed by atoms with van der Waals surface area (Å²) in [5, 5.41) is 28.9. The number of nitrogens with two attached hydrogens (primary N) is 1. The van der Waals surface area contributed by atoms with E-state index in [1.165, 1.54) is 0 Å². The number of aromatic nitrogens is 2. The number of hydrogen-bond donors (Lipinski definition) is 3. The molecule has 2 heterocycles. The third kappa shape index (κ3) is 4.16. The van der Waals surface area contributed by atoms with E-state index in [0.717, 1.165) is 16.8 Å². The topological polar surface area (TPSA) is 151 Å². The van der Waals surface area contributed by atoms with Gasteiger partial charge in [-0.3, -0.25) is 4.57 Å². The van der Waals surface area contributed by atoms with Gasteiger partial charge >= 0.3 is 35.2 Å². The number of nitrogens with zero attached hydrogens (tertiary/aromatic N) is 2. The molecule has 1 aliphatic rings. The Morgan fingerprint density at radius 3 is 2.78 bits per heavy atom. The van der Waals surface area contributed by atoms with E-state index in [-0.39, 0.29) is 40.9 Å². The fourth-order valence-electron chi connectivity index (χ4n) is 2.04. The molecule has 120 valence electrons. The first kappa shape index (κ1) is 19.7. The van der Waals surface area contributed by atoms with Crippen LogP contribution in [0.25, 0.3) is 6.08 Å². The number of aliphatic carboxylic acids is 1. The maximum absolute atomic E-state index is 14.0. The molecule has 1 saturated heterocycles. The Hall–Kier alpha value is -1.30. The van der Waals surface area contributed by atoms with Gasteiger partial charge < -0.3 is 30.6 Å². The van der Waals surface area contributed by atoms with Crippen LogP contribution in [0.2, 0.25) is 0 Å². The van der Waals surface area contributed by atoms with Crippen molar-refractivity contribution in [1.82, 2.24) is 9.55 Å². The molecular weight excluding hydrogens is 324 g/mol. The SMILES string of the molecule is Nc1nc(=O)n([C@@H]2O[C@H](CO)[C@@H](O)[C@@H]2F)cc1/C=C/C(=O)[O-].[Na+]. The number of aliphatic hydroxyl groups excluding tert-OH is 2. The number of hydrogen-bond acceptors (Lipinski definition) is 8. The number of aliphatic hydroxyl groups is 2. The van der Waals surface area contributed by atoms with Gasteiger partial charge in [-0.15, -0.1) is 0 Å². The van der Waals surface area contributed by atoms with Gasteiger partial charge in [0.15, 0.2) is 12.4 Å². The first-order chi connectivity index (χ1) is 10.3. The number of carbonyl (C=O) groups is 1. The van der Waals surface area contributed by atoms with Crippen molar-refractivity contribution in [3.63, 3.8) is 0 Å². The van der Waals surface area contributed by atoms with Crippen molar-refractivity contribution in [1.29, 1.82) is 0 Å². The number of anilines is 1. The van der Waals surface area contributed by atoms with Crippen molar-refractivity contribution >= 4 is 17.9 Å². The predicted octanol–water partition coefficient (Wildman–Crippen LogP) is -5.82. The summed E-state index contributed by atoms with van der Waals surface area (Å²) in [5.74, 6) is -1.75. The minimum Gasteiger partial charge on any atom is -0.545 e. The van der Waals surface area contributed by atoms with E-state index < -0.39 is 42.9 Å². The minimum absolute atomic E-state index is 0. The summed E-state index contributed by atoms with van der Waals surface area (Å²) < 4.78 is 19.8. The molecule has 0 unspecified atom stereocenters. The van der Waals surface area contributed by atoms with Crippen LogP contribution in [0.4, 0.5) is 10.2 Å². The van der Waals surface area contributed by atoms with Gasteiger partial charge in [0.2, 0.25) is 0 Å². The summed E-state index contributed by atoms with van der Waals surface area (Å²) in [4.78, 5) is 25.6. The molecule has 2 rings (SSSR count). The monoisotopic (exact) mass is 337 g/mol. The summed E-state index contributed by atoms with van der Waals surface area (Å²) in [7, 11) is 0. The molecule has 0 saturated carbocycles. The van der Waals surface area contributed by atoms with E-state index in [2.05, 4.69) is 4.98 Å². The number of alkyl halides is 1. The van der Waals surface area contributed by atoms with Crippen LogP contribution < -0.4 is 46.1 Å². The maximum atomic E-state index is 14.0. The van der Waals surface area contributed by atoms with Crippen molar-refractivity contribution in [2.45, 2.75) is 24.6 Å². The standard InChI is InChI=1S/C12H14FN3O6.Na/c13-8-9(20)6(4-17)22-11(8)16-3-5(1-2-7(18)19)10(14)15-12(16)21;/h1-3,6,8-9,11,17,20H,4H2,(H,18,19)(H2,14,15,21);/q;+1/p-1/b2-1+;/t6-,8+,9-,11-;/m1./s1. The summed E-state index contributed by atoms with van der Waals surface area (Å²) in [6, 6.07) is 0. The van der Waals surface area contributed by atoms with Gasteiger partial charge in [-0.1, -0.05) is 0 Å². The first-order valence-electron chi connectivity index (χ1n) is 6.21. The fourth-order valence-corrected chi connectivity index (χ4v) is 2.04. The fraction of sp³-hybridized carbons (Fsp3) is 0.417. The first-order valence-corrected chi connectivity index (χ1v) is 6.21. The smallest absolute Gasteiger partial charge is 0.545 e. The molecule has 1 fully saturated rings. The van der Waals surface area contributed by atoms with Crippen LogP contribution >= 0.6 is 0 Å². The van der Waals surface area contributed by atoms with Crippen LogP contribution in [0.1, 0.15) is 11.8 Å². The summed E-state index contributed by atoms with van der Waals surface area (Å²) >= 11 is 0. The maximum Gasteiger partial charge on any atom is 1.00 e. The molecule has 11 heteroatoms. The Morgan fingerprint density at radius 1 is 1.61 bits per heavy atom. The molecule has 1 aromatic heterocycles. The van der Waals surface area contributed by atoms with E-state index in [0.29, 0.717) is 6.08 Å². The third-order valence-electron chi connectivity index (χ3n) is 3.16. The van der Waals surface area contributed by atoms with Crippen LogP contribution in [-0.4, -0.2) is 50.7 Å². The zero-order valence-corrected chi connectivity index (χ0v) is 14.1. The molecule has 4 atom stereocenters. The Morgan fingerprint density at radius 2 is 2.26 bits per heavy atom. The Kier molecular flexibility index (Phi) is 6.86. The zero-order chi connectivity index (χ0) is 16.4. The van der Waals surface area contributed by atoms with Crippen LogP contribution in [0.5, 0.6) is 0 Å². The van der Waals surface area contributed by atoms with Gasteiger partial charge in [0.25, 0.3) is 0 Å². The molecule has 1 aromatic rings. The van der Waals surface area contributed by atoms with Crippen LogP contribution in [0.15, 0.2) is 17.1 Å². The van der Waals surface area contributed by atoms with Crippen molar-refractivity contribution in [3.05, 3.63) is 28.3 Å². The molecule has 1 aliphatic heterocycles. The van der Waals surface area contributed by atoms with E-state index in [4.69, 9.17) is 15.6 Å². The predicted molar refractivity (Wildman–Crippen MR) is 68.8 cm³/mol. The van der Waals surface area contributed by atoms with Crippen molar-refractivity contribution in [2.75, 3.05) is 12.3 Å². The Labute approximate surface area is 151 Å². The van der Waals surface area contributed by atoms with Crippen molar-refractivity contribution < 1.29 is 58.8 Å². The summed E-state index contributed by atoms with van der Waals surface area (Å²) in [5.41, 5.74) is 4.56. The average molecular weight is 337 g/mol. The largest absolute Gasteiger partial charge is 1.00 e. The van der Waals surface area contributed by atoms with Crippen molar-refractivity contribution in [2.24, 2.45) is 0 Å². The van der Waals surface area contributed by atoms with E-state index in [9.17, 15) is 24.2 Å². The van der Waals surface area contributed by atoms with Crippen LogP contribution in [0.3, 0.4) is 0 Å². The number of carboxylic acids is 1. The minimum atomic E-state index is -1.97. The van der Waals surface area contributed by atoms with Gasteiger partial charge in [-0.2, -0.15) is 4.98 Å². The van der Waals surface area contributed by atoms with E-state index in [1.54, 1.807) is 0 Å². The molecule has 0 amide bonds. The van der Waals surface area contributed by atoms with E-state index >= 15 is 0 Å². The molecular formula is C12H13FN3NaO6.